The largest absolute Gasteiger partial charge is 0.300 e. The average Bonchev–Trinajstić information content (AvgIpc) is 2.48. The molecule has 0 aliphatic rings. The van der Waals surface area contributed by atoms with E-state index in [9.17, 15) is 25.0 Å². The van der Waals surface area contributed by atoms with Gasteiger partial charge in [-0.05, 0) is 18.2 Å². The molecule has 0 bridgehead atoms. The van der Waals surface area contributed by atoms with Crippen LogP contribution < -0.4 is 4.90 Å². The van der Waals surface area contributed by atoms with E-state index in [4.69, 9.17) is 0 Å². The number of hydrogen-bond acceptors (Lipinski definition) is 6. The van der Waals surface area contributed by atoms with E-state index in [1.807, 2.05) is 0 Å². The molecule has 2 rings (SSSR count). The first-order chi connectivity index (χ1) is 10.4. The minimum absolute atomic E-state index is 0.0817. The Balaban J connectivity index is 2.64. The lowest BCUT2D eigenvalue weighted by Gasteiger charge is -2.19. The smallest absolute Gasteiger partial charge is 0.274 e. The Hall–Kier alpha value is -3.36. The van der Waals surface area contributed by atoms with Gasteiger partial charge in [0.25, 0.3) is 11.4 Å². The molecule has 0 spiro atoms. The van der Waals surface area contributed by atoms with Gasteiger partial charge in [0.1, 0.15) is 11.5 Å². The molecule has 9 heteroatoms. The predicted octanol–water partition coefficient (Wildman–Crippen LogP) is 2.58. The topological polar surface area (TPSA) is 119 Å². The predicted molar refractivity (Wildman–Crippen MR) is 76.8 cm³/mol. The number of rotatable bonds is 4. The summed E-state index contributed by atoms with van der Waals surface area (Å²) in [6.45, 7) is 1.22. The summed E-state index contributed by atoms with van der Waals surface area (Å²) in [7, 11) is 0. The first-order valence-corrected chi connectivity index (χ1v) is 6.06. The highest BCUT2D eigenvalue weighted by atomic mass is 16.6. The third-order valence-electron chi connectivity index (χ3n) is 2.80. The van der Waals surface area contributed by atoms with Crippen molar-refractivity contribution in [2.24, 2.45) is 0 Å². The molecule has 2 aromatic rings. The second-order valence-electron chi connectivity index (χ2n) is 4.23. The molecular formula is C13H10N4O5. The fraction of sp³-hybridized carbons (Fsp3) is 0.0769. The summed E-state index contributed by atoms with van der Waals surface area (Å²) >= 11 is 0. The van der Waals surface area contributed by atoms with Crippen molar-refractivity contribution in [1.82, 2.24) is 4.98 Å². The average molecular weight is 302 g/mol. The van der Waals surface area contributed by atoms with E-state index < -0.39 is 27.1 Å². The fourth-order valence-electron chi connectivity index (χ4n) is 1.90. The van der Waals surface area contributed by atoms with E-state index in [0.717, 1.165) is 23.1 Å². The molecule has 1 amide bonds. The van der Waals surface area contributed by atoms with Crippen LogP contribution in [0.2, 0.25) is 0 Å². The van der Waals surface area contributed by atoms with E-state index in [-0.39, 0.29) is 11.5 Å². The molecule has 112 valence electrons. The van der Waals surface area contributed by atoms with Gasteiger partial charge in [-0.2, -0.15) is 0 Å². The van der Waals surface area contributed by atoms with E-state index in [0.29, 0.717) is 0 Å². The molecule has 0 fully saturated rings. The van der Waals surface area contributed by atoms with Crippen molar-refractivity contribution in [3.63, 3.8) is 0 Å². The maximum Gasteiger partial charge on any atom is 0.300 e. The van der Waals surface area contributed by atoms with Crippen LogP contribution >= 0.6 is 0 Å². The number of carbonyl (C=O) groups excluding carboxylic acids is 1. The second kappa shape index (κ2) is 5.95. The van der Waals surface area contributed by atoms with Crippen LogP contribution in [-0.4, -0.2) is 20.7 Å². The maximum atomic E-state index is 11.9. The van der Waals surface area contributed by atoms with Crippen LogP contribution in [0.15, 0.2) is 42.6 Å². The Morgan fingerprint density at radius 3 is 2.36 bits per heavy atom. The number of nitrogens with zero attached hydrogens (tertiary/aromatic N) is 4. The first-order valence-electron chi connectivity index (χ1n) is 6.06. The van der Waals surface area contributed by atoms with Gasteiger partial charge in [0, 0.05) is 19.2 Å². The van der Waals surface area contributed by atoms with Gasteiger partial charge in [0.2, 0.25) is 5.91 Å². The van der Waals surface area contributed by atoms with E-state index in [1.54, 1.807) is 12.1 Å². The Morgan fingerprint density at radius 2 is 1.86 bits per heavy atom. The number of benzene rings is 1. The Bertz CT molecular complexity index is 747. The number of carbonyl (C=O) groups is 1. The number of aromatic nitrogens is 1. The van der Waals surface area contributed by atoms with Crippen LogP contribution in [0.5, 0.6) is 0 Å². The maximum absolute atomic E-state index is 11.9. The first kappa shape index (κ1) is 15.0. The van der Waals surface area contributed by atoms with Crippen LogP contribution in [0.3, 0.4) is 0 Å². The Morgan fingerprint density at radius 1 is 1.14 bits per heavy atom. The molecule has 1 aromatic carbocycles. The highest BCUT2D eigenvalue weighted by Crippen LogP contribution is 2.35. The number of hydrogen-bond donors (Lipinski definition) is 0. The highest BCUT2D eigenvalue weighted by molar-refractivity contribution is 6.00. The van der Waals surface area contributed by atoms with E-state index >= 15 is 0 Å². The molecule has 1 heterocycles. The van der Waals surface area contributed by atoms with E-state index in [2.05, 4.69) is 4.98 Å². The molecule has 0 aliphatic heterocycles. The fourth-order valence-corrected chi connectivity index (χ4v) is 1.90. The lowest BCUT2D eigenvalue weighted by Crippen LogP contribution is -2.24. The van der Waals surface area contributed by atoms with Crippen LogP contribution in [0.1, 0.15) is 6.92 Å². The van der Waals surface area contributed by atoms with Crippen LogP contribution in [0.25, 0.3) is 0 Å². The third kappa shape index (κ3) is 2.87. The zero-order valence-corrected chi connectivity index (χ0v) is 11.4. The van der Waals surface area contributed by atoms with Crippen LogP contribution in [0.4, 0.5) is 22.9 Å². The lowest BCUT2D eigenvalue weighted by molar-refractivity contribution is -0.393. The van der Waals surface area contributed by atoms with Crippen molar-refractivity contribution in [2.45, 2.75) is 6.92 Å². The van der Waals surface area contributed by atoms with Crippen molar-refractivity contribution in [3.8, 4) is 0 Å². The number of nitro groups is 2. The van der Waals surface area contributed by atoms with Crippen molar-refractivity contribution >= 4 is 28.8 Å². The van der Waals surface area contributed by atoms with Gasteiger partial charge in [-0.3, -0.25) is 29.9 Å². The van der Waals surface area contributed by atoms with Crippen LogP contribution in [0, 0.1) is 20.2 Å². The zero-order chi connectivity index (χ0) is 16.3. The number of amides is 1. The lowest BCUT2D eigenvalue weighted by atomic mass is 10.2. The molecule has 9 nitrogen and oxygen atoms in total. The highest BCUT2D eigenvalue weighted by Gasteiger charge is 2.27. The molecular weight excluding hydrogens is 292 g/mol. The van der Waals surface area contributed by atoms with Gasteiger partial charge in [-0.15, -0.1) is 0 Å². The standard InChI is InChI=1S/C13H10N4O5/c1-9(18)15(13-4-2-3-7-14-13)11-6-5-10(16(19)20)8-12(11)17(21)22/h2-8H,1H3. The van der Waals surface area contributed by atoms with Gasteiger partial charge < -0.3 is 0 Å². The van der Waals surface area contributed by atoms with Crippen molar-refractivity contribution in [3.05, 3.63) is 62.8 Å². The number of pyridine rings is 1. The van der Waals surface area contributed by atoms with Gasteiger partial charge in [-0.1, -0.05) is 6.07 Å². The molecule has 1 aromatic heterocycles. The summed E-state index contributed by atoms with van der Waals surface area (Å²) in [6.07, 6.45) is 1.43. The number of anilines is 2. The molecule has 22 heavy (non-hydrogen) atoms. The van der Waals surface area contributed by atoms with Crippen LogP contribution in [-0.2, 0) is 4.79 Å². The normalized spacial score (nSPS) is 10.0. The molecule has 0 saturated carbocycles. The van der Waals surface area contributed by atoms with E-state index in [1.165, 1.54) is 19.2 Å². The molecule has 0 unspecified atom stereocenters. The monoisotopic (exact) mass is 302 g/mol. The molecule has 0 radical (unpaired) electrons. The summed E-state index contributed by atoms with van der Waals surface area (Å²) in [5, 5.41) is 21.9. The van der Waals surface area contributed by atoms with Crippen molar-refractivity contribution < 1.29 is 14.6 Å². The quantitative estimate of drug-likeness (QED) is 0.632. The SMILES string of the molecule is CC(=O)N(c1ccccn1)c1ccc([N+](=O)[O-])cc1[N+](=O)[O-]. The summed E-state index contributed by atoms with van der Waals surface area (Å²) < 4.78 is 0. The number of non-ortho nitro benzene ring substituents is 1. The van der Waals surface area contributed by atoms with Crippen molar-refractivity contribution in [2.75, 3.05) is 4.90 Å². The Kier molecular flexibility index (Phi) is 4.07. The third-order valence-corrected chi connectivity index (χ3v) is 2.80. The summed E-state index contributed by atoms with van der Waals surface area (Å²) in [4.78, 5) is 37.3. The molecule has 0 N–H and O–H groups in total. The summed E-state index contributed by atoms with van der Waals surface area (Å²) in [6, 6.07) is 7.83. The van der Waals surface area contributed by atoms with Gasteiger partial charge >= 0.3 is 0 Å². The number of nitro benzene ring substituents is 2. The Labute approximate surface area is 124 Å². The molecule has 0 saturated heterocycles. The molecule has 0 aliphatic carbocycles. The van der Waals surface area contributed by atoms with Gasteiger partial charge in [-0.25, -0.2) is 4.98 Å². The van der Waals surface area contributed by atoms with Gasteiger partial charge in [0.05, 0.1) is 15.9 Å². The van der Waals surface area contributed by atoms with Gasteiger partial charge in [0.15, 0.2) is 0 Å². The summed E-state index contributed by atoms with van der Waals surface area (Å²) in [5.41, 5.74) is -1.06. The zero-order valence-electron chi connectivity index (χ0n) is 11.4. The summed E-state index contributed by atoms with van der Waals surface area (Å²) in [5.74, 6) is -0.317. The second-order valence-corrected chi connectivity index (χ2v) is 4.23. The van der Waals surface area contributed by atoms with Crippen molar-refractivity contribution in [1.29, 1.82) is 0 Å². The minimum atomic E-state index is -0.777. The molecule has 0 atom stereocenters. The minimum Gasteiger partial charge on any atom is -0.274 e.